The number of rotatable bonds is 5. The van der Waals surface area contributed by atoms with Gasteiger partial charge >= 0.3 is 0 Å². The Hall–Kier alpha value is -3.55. The third-order valence-corrected chi connectivity index (χ3v) is 5.14. The molecule has 1 aromatic carbocycles. The summed E-state index contributed by atoms with van der Waals surface area (Å²) in [5.41, 5.74) is 2.82. The van der Waals surface area contributed by atoms with Crippen molar-refractivity contribution in [2.45, 2.75) is 39.7 Å². The molecule has 0 unspecified atom stereocenters. The molecule has 7 nitrogen and oxygen atoms in total. The number of ether oxygens (including phenoxy) is 1. The zero-order valence-corrected chi connectivity index (χ0v) is 17.5. The maximum atomic E-state index is 13.5. The topological polar surface area (TPSA) is 77.3 Å². The van der Waals surface area contributed by atoms with E-state index in [1.807, 2.05) is 0 Å². The van der Waals surface area contributed by atoms with Crippen LogP contribution >= 0.6 is 0 Å². The Bertz CT molecular complexity index is 1110. The fraction of sp³-hybridized carbons (Fsp3) is 0.304. The molecule has 3 heterocycles. The number of pyridine rings is 1. The van der Waals surface area contributed by atoms with Crippen molar-refractivity contribution >= 4 is 17.6 Å². The van der Waals surface area contributed by atoms with Crippen molar-refractivity contribution in [3.63, 3.8) is 0 Å². The Labute approximate surface area is 179 Å². The Morgan fingerprint density at radius 2 is 1.81 bits per heavy atom. The summed E-state index contributed by atoms with van der Waals surface area (Å²) >= 11 is 0. The fourth-order valence-electron chi connectivity index (χ4n) is 3.60. The number of benzene rings is 1. The van der Waals surface area contributed by atoms with Crippen molar-refractivity contribution < 1.29 is 18.7 Å². The number of amides is 2. The van der Waals surface area contributed by atoms with Crippen LogP contribution in [-0.4, -0.2) is 33.2 Å². The molecule has 0 atom stereocenters. The van der Waals surface area contributed by atoms with Crippen LogP contribution in [0, 0.1) is 5.82 Å². The molecule has 4 rings (SSSR count). The highest BCUT2D eigenvalue weighted by molar-refractivity contribution is 6.14. The van der Waals surface area contributed by atoms with E-state index in [-0.39, 0.29) is 36.3 Å². The van der Waals surface area contributed by atoms with E-state index in [0.29, 0.717) is 30.3 Å². The van der Waals surface area contributed by atoms with Gasteiger partial charge in [0.25, 0.3) is 0 Å². The lowest BCUT2D eigenvalue weighted by atomic mass is 10.0. The molecule has 0 saturated heterocycles. The summed E-state index contributed by atoms with van der Waals surface area (Å²) in [6, 6.07) is 9.60. The average Bonchev–Trinajstić information content (AvgIpc) is 3.19. The Balaban J connectivity index is 1.87. The van der Waals surface area contributed by atoms with Gasteiger partial charge in [0.05, 0.1) is 12.2 Å². The molecule has 8 heteroatoms. The third kappa shape index (κ3) is 3.93. The number of carbonyl (C=O) groups excluding carboxylic acids is 2. The molecule has 2 amide bonds. The highest BCUT2D eigenvalue weighted by atomic mass is 19.1. The number of hydrogen-bond acceptors (Lipinski definition) is 5. The quantitative estimate of drug-likeness (QED) is 0.615. The molecule has 1 aliphatic rings. The number of carbonyl (C=O) groups is 2. The minimum absolute atomic E-state index is 0.185. The van der Waals surface area contributed by atoms with Crippen LogP contribution in [0.15, 0.2) is 42.6 Å². The maximum Gasteiger partial charge on any atom is 0.234 e. The van der Waals surface area contributed by atoms with Crippen LogP contribution in [0.25, 0.3) is 22.4 Å². The molecular formula is C23H23FN4O3. The van der Waals surface area contributed by atoms with Crippen molar-refractivity contribution in [2.75, 3.05) is 11.5 Å². The molecule has 2 aromatic heterocycles. The van der Waals surface area contributed by atoms with E-state index in [0.717, 1.165) is 22.4 Å². The summed E-state index contributed by atoms with van der Waals surface area (Å²) < 4.78 is 21.2. The van der Waals surface area contributed by atoms with Gasteiger partial charge in [-0.05, 0) is 42.0 Å². The van der Waals surface area contributed by atoms with Crippen molar-refractivity contribution in [3.05, 3.63) is 48.4 Å². The summed E-state index contributed by atoms with van der Waals surface area (Å²) in [6.45, 7) is 4.68. The zero-order valence-electron chi connectivity index (χ0n) is 17.5. The number of aromatic nitrogens is 3. The van der Waals surface area contributed by atoms with Crippen LogP contribution in [-0.2, 0) is 16.1 Å². The van der Waals surface area contributed by atoms with Crippen LogP contribution in [0.5, 0.6) is 5.88 Å². The first-order chi connectivity index (χ1) is 15.0. The lowest BCUT2D eigenvalue weighted by Crippen LogP contribution is -2.36. The molecule has 0 aliphatic carbocycles. The average molecular weight is 422 g/mol. The predicted octanol–water partition coefficient (Wildman–Crippen LogP) is 4.21. The molecule has 0 fully saturated rings. The molecule has 0 N–H and O–H groups in total. The van der Waals surface area contributed by atoms with Gasteiger partial charge in [0, 0.05) is 37.6 Å². The molecule has 0 radical (unpaired) electrons. The molecule has 3 aromatic rings. The number of anilines is 1. The number of halogens is 1. The van der Waals surface area contributed by atoms with Gasteiger partial charge in [0.2, 0.25) is 17.7 Å². The molecule has 0 spiro atoms. The molecule has 0 saturated carbocycles. The van der Waals surface area contributed by atoms with Gasteiger partial charge in [-0.1, -0.05) is 13.8 Å². The first kappa shape index (κ1) is 20.7. The highest BCUT2D eigenvalue weighted by Crippen LogP contribution is 2.41. The molecule has 31 heavy (non-hydrogen) atoms. The van der Waals surface area contributed by atoms with Crippen LogP contribution in [0.3, 0.4) is 0 Å². The van der Waals surface area contributed by atoms with Gasteiger partial charge in [-0.15, -0.1) is 0 Å². The third-order valence-electron chi connectivity index (χ3n) is 5.14. The highest BCUT2D eigenvalue weighted by Gasteiger charge is 2.27. The molecule has 0 bridgehead atoms. The smallest absolute Gasteiger partial charge is 0.234 e. The molecule has 1 aliphatic heterocycles. The van der Waals surface area contributed by atoms with Gasteiger partial charge in [-0.3, -0.25) is 9.59 Å². The Morgan fingerprint density at radius 3 is 2.48 bits per heavy atom. The van der Waals surface area contributed by atoms with Crippen LogP contribution in [0.4, 0.5) is 10.2 Å². The second kappa shape index (κ2) is 8.67. The summed E-state index contributed by atoms with van der Waals surface area (Å²) in [6.07, 6.45) is 2.77. The van der Waals surface area contributed by atoms with E-state index < -0.39 is 0 Å². The summed E-state index contributed by atoms with van der Waals surface area (Å²) in [5.74, 6) is -0.0921. The van der Waals surface area contributed by atoms with Gasteiger partial charge < -0.3 is 4.74 Å². The number of hydrogen-bond donors (Lipinski definition) is 0. The van der Waals surface area contributed by atoms with Crippen molar-refractivity contribution in [1.82, 2.24) is 14.8 Å². The first-order valence-corrected chi connectivity index (χ1v) is 10.3. The lowest BCUT2D eigenvalue weighted by molar-refractivity contribution is -0.126. The van der Waals surface area contributed by atoms with E-state index in [2.05, 4.69) is 4.98 Å². The minimum Gasteiger partial charge on any atom is -0.477 e. The summed E-state index contributed by atoms with van der Waals surface area (Å²) in [4.78, 5) is 30.3. The fourth-order valence-corrected chi connectivity index (χ4v) is 3.60. The Morgan fingerprint density at radius 1 is 1.10 bits per heavy atom. The number of aryl methyl sites for hydroxylation is 1. The second-order valence-electron chi connectivity index (χ2n) is 7.19. The second-order valence-corrected chi connectivity index (χ2v) is 7.19. The van der Waals surface area contributed by atoms with Crippen LogP contribution < -0.4 is 9.64 Å². The van der Waals surface area contributed by atoms with E-state index in [1.165, 1.54) is 12.1 Å². The summed E-state index contributed by atoms with van der Waals surface area (Å²) in [5, 5.41) is 4.71. The van der Waals surface area contributed by atoms with Crippen LogP contribution in [0.2, 0.25) is 0 Å². The maximum absolute atomic E-state index is 13.5. The largest absolute Gasteiger partial charge is 0.477 e. The zero-order chi connectivity index (χ0) is 22.0. The van der Waals surface area contributed by atoms with Crippen molar-refractivity contribution in [1.29, 1.82) is 0 Å². The van der Waals surface area contributed by atoms with E-state index >= 15 is 0 Å². The lowest BCUT2D eigenvalue weighted by Gasteiger charge is -2.20. The van der Waals surface area contributed by atoms with Crippen LogP contribution in [0.1, 0.15) is 33.1 Å². The van der Waals surface area contributed by atoms with Gasteiger partial charge in [0.15, 0.2) is 0 Å². The standard InChI is InChI=1S/C23H23FN4O3/c1-3-19(29)28(20(30)4-2)18-14-16(10-11-25-18)21-22(15-6-8-17(24)9-7-15)26-27-12-5-13-31-23(21)27/h6-11,14H,3-5,12-13H2,1-2H3. The first-order valence-electron chi connectivity index (χ1n) is 10.3. The SMILES string of the molecule is CCC(=O)N(C(=O)CC)c1cc(-c2c(-c3ccc(F)cc3)nn3c2OCCC3)ccn1. The summed E-state index contributed by atoms with van der Waals surface area (Å²) in [7, 11) is 0. The van der Waals surface area contributed by atoms with Crippen molar-refractivity contribution in [2.24, 2.45) is 0 Å². The number of nitrogens with zero attached hydrogens (tertiary/aromatic N) is 4. The number of imide groups is 1. The van der Waals surface area contributed by atoms with Crippen molar-refractivity contribution in [3.8, 4) is 28.3 Å². The molecular weight excluding hydrogens is 399 g/mol. The van der Waals surface area contributed by atoms with E-state index in [9.17, 15) is 14.0 Å². The van der Waals surface area contributed by atoms with Gasteiger partial charge in [-0.25, -0.2) is 19.0 Å². The molecule has 160 valence electrons. The normalized spacial score (nSPS) is 12.7. The van der Waals surface area contributed by atoms with E-state index in [4.69, 9.17) is 9.84 Å². The van der Waals surface area contributed by atoms with Gasteiger partial charge in [-0.2, -0.15) is 5.10 Å². The minimum atomic E-state index is -0.330. The van der Waals surface area contributed by atoms with Gasteiger partial charge in [0.1, 0.15) is 17.3 Å². The monoisotopic (exact) mass is 422 g/mol. The van der Waals surface area contributed by atoms with E-state index in [1.54, 1.807) is 49.0 Å². The number of fused-ring (bicyclic) bond motifs is 1. The predicted molar refractivity (Wildman–Crippen MR) is 114 cm³/mol. The Kier molecular flexibility index (Phi) is 5.79.